The van der Waals surface area contributed by atoms with Crippen LogP contribution < -0.4 is 4.74 Å². The minimum Gasteiger partial charge on any atom is -0.562 e. The van der Waals surface area contributed by atoms with Crippen molar-refractivity contribution in [3.8, 4) is 11.5 Å². The fourth-order valence-electron chi connectivity index (χ4n) is 5.07. The minimum atomic E-state index is -0.538. The predicted molar refractivity (Wildman–Crippen MR) is 83.3 cm³/mol. The fourth-order valence-corrected chi connectivity index (χ4v) is 5.07. The number of ether oxygens (including phenoxy) is 1. The summed E-state index contributed by atoms with van der Waals surface area (Å²) < 4.78 is 6.27. The van der Waals surface area contributed by atoms with Gasteiger partial charge in [-0.1, -0.05) is 5.41 Å². The number of likely N-dealkylation sites (N-methyl/N-ethyl adjacent to an activating group) is 1. The quantitative estimate of drug-likeness (QED) is 0.413. The maximum atomic E-state index is 10.3. The summed E-state index contributed by atoms with van der Waals surface area (Å²) in [6.45, 7) is 9.61. The van der Waals surface area contributed by atoms with Crippen LogP contribution in [0, 0.1) is 31.7 Å². The van der Waals surface area contributed by atoms with Crippen LogP contribution in [0.25, 0.3) is 0 Å². The van der Waals surface area contributed by atoms with Crippen LogP contribution in [-0.2, 0) is 135 Å². The standard InChI is InChI=1S/C19H19NO2.2V.W.2Y/c1-18(2)7-6-12-13-10-11-4-5-14(21)16-15(11)19(12,17(18)22-16)8-9-20(13)3;;;;;/h5-7,13,17,21H,1-2,8-10H2,3H3;;;;;/q-4;;;;;. The van der Waals surface area contributed by atoms with Gasteiger partial charge in [-0.05, 0) is 32.5 Å². The molecule has 4 radical (unpaired) electrons. The minimum absolute atomic E-state index is 0. The van der Waals surface area contributed by atoms with Gasteiger partial charge in [0.25, 0.3) is 0 Å². The number of benzene rings is 1. The summed E-state index contributed by atoms with van der Waals surface area (Å²) in [5.74, 6) is 0.828. The van der Waals surface area contributed by atoms with Gasteiger partial charge in [0.1, 0.15) is 0 Å². The van der Waals surface area contributed by atoms with Crippen LogP contribution in [0.4, 0.5) is 0 Å². The summed E-state index contributed by atoms with van der Waals surface area (Å²) >= 11 is 0. The van der Waals surface area contributed by atoms with E-state index in [0.29, 0.717) is 11.8 Å². The fraction of sp³-hybridized carbons (Fsp3) is 0.421. The van der Waals surface area contributed by atoms with Gasteiger partial charge >= 0.3 is 0 Å². The zero-order valence-corrected chi connectivity index (χ0v) is 26.6. The number of piperidine rings is 1. The first-order valence-electron chi connectivity index (χ1n) is 7.86. The molecule has 1 aromatic carbocycles. The van der Waals surface area contributed by atoms with E-state index >= 15 is 0 Å². The predicted octanol–water partition coefficient (Wildman–Crippen LogP) is 2.24. The van der Waals surface area contributed by atoms with Crippen LogP contribution in [0.3, 0.4) is 0 Å². The Morgan fingerprint density at radius 3 is 2.67 bits per heavy atom. The smallest absolute Gasteiger partial charge is 0.0552 e. The molecule has 138 valence electrons. The molecule has 2 heterocycles. The maximum absolute atomic E-state index is 10.3. The van der Waals surface area contributed by atoms with E-state index in [2.05, 4.69) is 44.4 Å². The summed E-state index contributed by atoms with van der Waals surface area (Å²) in [5.41, 5.74) is 3.01. The maximum Gasteiger partial charge on any atom is 0.0552 e. The van der Waals surface area contributed by atoms with Crippen LogP contribution in [0.15, 0.2) is 17.7 Å². The van der Waals surface area contributed by atoms with Crippen LogP contribution in [0.5, 0.6) is 11.5 Å². The van der Waals surface area contributed by atoms with Crippen LogP contribution in [0.2, 0.25) is 0 Å². The van der Waals surface area contributed by atoms with Crippen molar-refractivity contribution in [2.24, 2.45) is 5.41 Å². The number of nitrogens with zero attached hydrogens (tertiary/aromatic N) is 1. The first-order chi connectivity index (χ1) is 10.4. The van der Waals surface area contributed by atoms with Crippen LogP contribution in [-0.4, -0.2) is 35.7 Å². The second-order valence-corrected chi connectivity index (χ2v) is 7.30. The molecule has 0 aromatic heterocycles. The summed E-state index contributed by atoms with van der Waals surface area (Å²) in [6.07, 6.45) is 6.07. The Morgan fingerprint density at radius 1 is 1.33 bits per heavy atom. The monoisotopic (exact) mass is 757 g/mol. The molecule has 3 nitrogen and oxygen atoms in total. The van der Waals surface area contributed by atoms with Gasteiger partial charge in [0, 0.05) is 135 Å². The number of likely N-dealkylation sites (tertiary alicyclic amines) is 1. The molecule has 27 heavy (non-hydrogen) atoms. The Morgan fingerprint density at radius 2 is 2.00 bits per heavy atom. The first-order valence-corrected chi connectivity index (χ1v) is 7.86. The van der Waals surface area contributed by atoms with E-state index in [1.165, 1.54) is 11.1 Å². The average Bonchev–Trinajstić information content (AvgIpc) is 2.83. The Balaban J connectivity index is 0.00000135. The second kappa shape index (κ2) is 9.94. The number of allylic oxidation sites excluding steroid dienone is 1. The zero-order valence-electron chi connectivity index (χ0n) is 15.2. The largest absolute Gasteiger partial charge is 0.562 e. The van der Waals surface area contributed by atoms with Crippen molar-refractivity contribution in [1.29, 1.82) is 0 Å². The molecule has 3 atom stereocenters. The third kappa shape index (κ3) is 3.90. The van der Waals surface area contributed by atoms with E-state index in [4.69, 9.17) is 4.74 Å². The van der Waals surface area contributed by atoms with Crippen molar-refractivity contribution in [2.45, 2.75) is 30.4 Å². The number of rotatable bonds is 0. The van der Waals surface area contributed by atoms with Gasteiger partial charge < -0.3 is 34.0 Å². The van der Waals surface area contributed by atoms with Gasteiger partial charge in [0.15, 0.2) is 0 Å². The summed E-state index contributed by atoms with van der Waals surface area (Å²) in [6, 6.07) is 5.32. The van der Waals surface area contributed by atoms with Crippen LogP contribution in [0.1, 0.15) is 17.5 Å². The molecule has 1 spiro atoms. The summed E-state index contributed by atoms with van der Waals surface area (Å²) in [7, 11) is 2.19. The number of phenolic OH excluding ortho intramolecular Hbond substituents is 1. The number of hydrogen-bond donors (Lipinski definition) is 1. The van der Waals surface area contributed by atoms with E-state index in [0.717, 1.165) is 24.9 Å². The first kappa shape index (κ1) is 29.5. The van der Waals surface area contributed by atoms with Crippen molar-refractivity contribution >= 4 is 0 Å². The number of aromatic hydroxyl groups is 1. The van der Waals surface area contributed by atoms with Crippen molar-refractivity contribution in [1.82, 2.24) is 4.90 Å². The van der Waals surface area contributed by atoms with Crippen molar-refractivity contribution in [3.05, 3.63) is 55.2 Å². The molecule has 3 unspecified atom stereocenters. The molecule has 4 aliphatic rings. The van der Waals surface area contributed by atoms with Crippen LogP contribution >= 0.6 is 0 Å². The van der Waals surface area contributed by atoms with E-state index in [9.17, 15) is 5.11 Å². The molecule has 0 saturated carbocycles. The van der Waals surface area contributed by atoms with E-state index in [-0.39, 0.29) is 141 Å². The molecule has 1 fully saturated rings. The third-order valence-electron chi connectivity index (χ3n) is 6.05. The molecule has 2 aliphatic heterocycles. The Bertz CT molecular complexity index is 747. The van der Waals surface area contributed by atoms with Gasteiger partial charge in [-0.3, -0.25) is 6.42 Å². The summed E-state index contributed by atoms with van der Waals surface area (Å²) in [5, 5.41) is 10.3. The molecule has 1 saturated heterocycles. The topological polar surface area (TPSA) is 32.7 Å². The molecule has 0 amide bonds. The van der Waals surface area contributed by atoms with E-state index in [1.807, 2.05) is 0 Å². The molecular formula is C19H19NO2V2WY2-4. The number of hydrogen-bond acceptors (Lipinski definition) is 3. The molecule has 8 heteroatoms. The molecule has 2 bridgehead atoms. The van der Waals surface area contributed by atoms with Crippen molar-refractivity contribution in [2.75, 3.05) is 13.6 Å². The Hall–Kier alpha value is 2.45. The Kier molecular flexibility index (Phi) is 10.8. The summed E-state index contributed by atoms with van der Waals surface area (Å²) in [4.78, 5) is 2.42. The molecular weight excluding hydrogens is 738 g/mol. The van der Waals surface area contributed by atoms with Gasteiger partial charge in [-0.25, -0.2) is 6.08 Å². The average molecular weight is 757 g/mol. The van der Waals surface area contributed by atoms with E-state index in [1.54, 1.807) is 6.07 Å². The third-order valence-corrected chi connectivity index (χ3v) is 6.05. The van der Waals surface area contributed by atoms with Gasteiger partial charge in [-0.15, -0.1) is 11.6 Å². The molecule has 1 aromatic rings. The molecule has 1 N–H and O–H groups in total. The van der Waals surface area contributed by atoms with Gasteiger partial charge in [0.05, 0.1) is 5.75 Å². The SMILES string of the molecule is [CH2-]C1([CH2-])[CH-]C=C2C3Cc4[c-]cc(O)c5c4C2(CCN3C)C1O5.[V].[V].[W].[Y].[Y]. The van der Waals surface area contributed by atoms with Crippen molar-refractivity contribution in [3.63, 3.8) is 0 Å². The molecule has 5 rings (SSSR count). The Labute approximate surface area is 250 Å². The number of phenols is 1. The normalized spacial score (nSPS) is 30.1. The zero-order chi connectivity index (χ0) is 15.3. The van der Waals surface area contributed by atoms with E-state index < -0.39 is 5.41 Å². The molecule has 2 aliphatic carbocycles. The second-order valence-electron chi connectivity index (χ2n) is 7.30. The van der Waals surface area contributed by atoms with Gasteiger partial charge in [-0.2, -0.15) is 17.2 Å². The van der Waals surface area contributed by atoms with Gasteiger partial charge in [0.2, 0.25) is 0 Å². The van der Waals surface area contributed by atoms with Crippen molar-refractivity contribution < 1.29 is 133 Å².